The van der Waals surface area contributed by atoms with E-state index in [-0.39, 0.29) is 6.04 Å². The molecule has 1 atom stereocenters. The number of piperidine rings is 1. The van der Waals surface area contributed by atoms with Crippen LogP contribution in [0.15, 0.2) is 24.3 Å². The Hall–Kier alpha value is -1.15. The second-order valence-electron chi connectivity index (χ2n) is 6.64. The van der Waals surface area contributed by atoms with E-state index in [9.17, 15) is 8.42 Å². The first-order valence-electron chi connectivity index (χ1n) is 8.38. The lowest BCUT2D eigenvalue weighted by Crippen LogP contribution is -2.44. The zero-order valence-corrected chi connectivity index (χ0v) is 15.8. The number of benzene rings is 1. The third-order valence-electron chi connectivity index (χ3n) is 4.70. The van der Waals surface area contributed by atoms with Gasteiger partial charge in [0.25, 0.3) is 10.2 Å². The molecule has 0 aromatic heterocycles. The molecule has 1 aliphatic rings. The number of hydrogen-bond acceptors (Lipinski definition) is 4. The van der Waals surface area contributed by atoms with E-state index in [1.54, 1.807) is 7.11 Å². The fourth-order valence-electron chi connectivity index (χ4n) is 2.94. The van der Waals surface area contributed by atoms with Crippen molar-refractivity contribution in [1.82, 2.24) is 13.9 Å². The third kappa shape index (κ3) is 4.92. The van der Waals surface area contributed by atoms with Gasteiger partial charge in [0, 0.05) is 26.7 Å². The minimum Gasteiger partial charge on any atom is -0.497 e. The average molecular weight is 356 g/mol. The molecule has 0 amide bonds. The first-order chi connectivity index (χ1) is 11.3. The molecule has 136 valence electrons. The Labute approximate surface area is 146 Å². The van der Waals surface area contributed by atoms with Gasteiger partial charge in [-0.3, -0.25) is 4.90 Å². The molecule has 1 N–H and O–H groups in total. The number of methoxy groups -OCH3 is 1. The summed E-state index contributed by atoms with van der Waals surface area (Å²) < 4.78 is 33.3. The summed E-state index contributed by atoms with van der Waals surface area (Å²) in [5.74, 6) is 1.54. The van der Waals surface area contributed by atoms with Crippen molar-refractivity contribution < 1.29 is 13.2 Å². The van der Waals surface area contributed by atoms with Crippen LogP contribution in [0.2, 0.25) is 0 Å². The van der Waals surface area contributed by atoms with Gasteiger partial charge in [-0.2, -0.15) is 12.7 Å². The summed E-state index contributed by atoms with van der Waals surface area (Å²) >= 11 is 0. The largest absolute Gasteiger partial charge is 0.497 e. The Morgan fingerprint density at radius 1 is 1.25 bits per heavy atom. The molecular weight excluding hydrogens is 326 g/mol. The Kier molecular flexibility index (Phi) is 6.62. The molecule has 1 saturated heterocycles. The highest BCUT2D eigenvalue weighted by atomic mass is 32.2. The van der Waals surface area contributed by atoms with Gasteiger partial charge in [0.2, 0.25) is 0 Å². The highest BCUT2D eigenvalue weighted by molar-refractivity contribution is 7.87. The fraction of sp³-hybridized carbons (Fsp3) is 0.647. The molecule has 7 heteroatoms. The van der Waals surface area contributed by atoms with Crippen molar-refractivity contribution in [3.8, 4) is 5.75 Å². The Balaban J connectivity index is 2.17. The maximum absolute atomic E-state index is 12.1. The zero-order chi connectivity index (χ0) is 17.7. The van der Waals surface area contributed by atoms with Crippen LogP contribution in [0.5, 0.6) is 5.75 Å². The predicted octanol–water partition coefficient (Wildman–Crippen LogP) is 1.86. The lowest BCUT2D eigenvalue weighted by Gasteiger charge is -2.37. The number of nitrogens with one attached hydrogen (secondary N) is 1. The molecule has 1 fully saturated rings. The molecule has 0 spiro atoms. The topological polar surface area (TPSA) is 61.9 Å². The minimum atomic E-state index is -3.43. The van der Waals surface area contributed by atoms with E-state index in [1.165, 1.54) is 18.4 Å². The van der Waals surface area contributed by atoms with Crippen molar-refractivity contribution in [2.75, 3.05) is 40.8 Å². The minimum absolute atomic E-state index is 0.0260. The molecule has 0 bridgehead atoms. The van der Waals surface area contributed by atoms with Crippen LogP contribution in [0.4, 0.5) is 0 Å². The van der Waals surface area contributed by atoms with E-state index in [0.29, 0.717) is 6.54 Å². The van der Waals surface area contributed by atoms with Gasteiger partial charge < -0.3 is 4.74 Å². The molecular formula is C17H29N3O3S. The average Bonchev–Trinajstić information content (AvgIpc) is 2.57. The Bertz CT molecular complexity index is 608. The van der Waals surface area contributed by atoms with E-state index in [0.717, 1.165) is 43.2 Å². The van der Waals surface area contributed by atoms with Crippen LogP contribution in [0.3, 0.4) is 0 Å². The van der Waals surface area contributed by atoms with E-state index in [4.69, 9.17) is 4.74 Å². The van der Waals surface area contributed by atoms with E-state index in [1.807, 2.05) is 24.3 Å². The lowest BCUT2D eigenvalue weighted by molar-refractivity contribution is 0.138. The van der Waals surface area contributed by atoms with Crippen LogP contribution in [-0.2, 0) is 10.2 Å². The van der Waals surface area contributed by atoms with Gasteiger partial charge in [0.05, 0.1) is 7.11 Å². The van der Waals surface area contributed by atoms with Crippen molar-refractivity contribution >= 4 is 10.2 Å². The van der Waals surface area contributed by atoms with Crippen LogP contribution in [-0.4, -0.2) is 58.5 Å². The standard InChI is InChI=1S/C17H29N3O3S/c1-14-9-11-20(12-10-14)17(13-18-24(21,22)19(2)3)15-5-7-16(23-4)8-6-15/h5-8,14,17-18H,9-13H2,1-4H3. The molecule has 0 radical (unpaired) electrons. The van der Waals surface area contributed by atoms with Gasteiger partial charge in [0.15, 0.2) is 0 Å². The van der Waals surface area contributed by atoms with Crippen molar-refractivity contribution in [2.24, 2.45) is 5.92 Å². The predicted molar refractivity (Wildman–Crippen MR) is 96.3 cm³/mol. The van der Waals surface area contributed by atoms with E-state index in [2.05, 4.69) is 16.5 Å². The van der Waals surface area contributed by atoms with Crippen molar-refractivity contribution in [3.63, 3.8) is 0 Å². The Morgan fingerprint density at radius 3 is 2.33 bits per heavy atom. The number of hydrogen-bond donors (Lipinski definition) is 1. The highest BCUT2D eigenvalue weighted by Crippen LogP contribution is 2.27. The molecule has 0 aliphatic carbocycles. The van der Waals surface area contributed by atoms with Gasteiger partial charge in [-0.1, -0.05) is 19.1 Å². The first kappa shape index (κ1) is 19.2. The van der Waals surface area contributed by atoms with Gasteiger partial charge in [-0.05, 0) is 49.5 Å². The van der Waals surface area contributed by atoms with Crippen molar-refractivity contribution in [1.29, 1.82) is 0 Å². The molecule has 2 rings (SSSR count). The fourth-order valence-corrected chi connectivity index (χ4v) is 3.56. The molecule has 24 heavy (non-hydrogen) atoms. The van der Waals surface area contributed by atoms with Crippen LogP contribution >= 0.6 is 0 Å². The van der Waals surface area contributed by atoms with Gasteiger partial charge in [-0.25, -0.2) is 4.72 Å². The zero-order valence-electron chi connectivity index (χ0n) is 15.0. The molecule has 1 heterocycles. The quantitative estimate of drug-likeness (QED) is 0.811. The number of nitrogens with zero attached hydrogens (tertiary/aromatic N) is 2. The monoisotopic (exact) mass is 355 g/mol. The van der Waals surface area contributed by atoms with Crippen molar-refractivity contribution in [2.45, 2.75) is 25.8 Å². The maximum Gasteiger partial charge on any atom is 0.278 e. The molecule has 0 saturated carbocycles. The molecule has 1 aromatic carbocycles. The van der Waals surface area contributed by atoms with Crippen LogP contribution < -0.4 is 9.46 Å². The smallest absolute Gasteiger partial charge is 0.278 e. The molecule has 1 unspecified atom stereocenters. The van der Waals surface area contributed by atoms with Crippen molar-refractivity contribution in [3.05, 3.63) is 29.8 Å². The Morgan fingerprint density at radius 2 is 1.83 bits per heavy atom. The second kappa shape index (κ2) is 8.29. The SMILES string of the molecule is COc1ccc(C(CNS(=O)(=O)N(C)C)N2CCC(C)CC2)cc1. The summed E-state index contributed by atoms with van der Waals surface area (Å²) in [6, 6.07) is 7.92. The summed E-state index contributed by atoms with van der Waals surface area (Å²) in [5.41, 5.74) is 1.10. The molecule has 1 aromatic rings. The summed E-state index contributed by atoms with van der Waals surface area (Å²) in [6.45, 7) is 4.61. The maximum atomic E-state index is 12.1. The number of ether oxygens (including phenoxy) is 1. The summed E-state index contributed by atoms with van der Waals surface area (Å²) in [5, 5.41) is 0. The van der Waals surface area contributed by atoms with Gasteiger partial charge in [-0.15, -0.1) is 0 Å². The third-order valence-corrected chi connectivity index (χ3v) is 6.19. The van der Waals surface area contributed by atoms with Crippen LogP contribution in [0.25, 0.3) is 0 Å². The van der Waals surface area contributed by atoms with Gasteiger partial charge in [0.1, 0.15) is 5.75 Å². The normalized spacial score (nSPS) is 18.7. The summed E-state index contributed by atoms with van der Waals surface area (Å²) in [6.07, 6.45) is 2.29. The number of likely N-dealkylation sites (tertiary alicyclic amines) is 1. The second-order valence-corrected chi connectivity index (χ2v) is 8.61. The molecule has 1 aliphatic heterocycles. The van der Waals surface area contributed by atoms with Gasteiger partial charge >= 0.3 is 0 Å². The first-order valence-corrected chi connectivity index (χ1v) is 9.82. The van der Waals surface area contributed by atoms with Crippen LogP contribution in [0.1, 0.15) is 31.4 Å². The summed E-state index contributed by atoms with van der Waals surface area (Å²) in [7, 11) is 1.28. The van der Waals surface area contributed by atoms with E-state index < -0.39 is 10.2 Å². The number of rotatable bonds is 7. The lowest BCUT2D eigenvalue weighted by atomic mass is 9.96. The highest BCUT2D eigenvalue weighted by Gasteiger charge is 2.26. The van der Waals surface area contributed by atoms with E-state index >= 15 is 0 Å². The molecule has 6 nitrogen and oxygen atoms in total. The van der Waals surface area contributed by atoms with Crippen LogP contribution in [0, 0.1) is 5.92 Å². The summed E-state index contributed by atoms with van der Waals surface area (Å²) in [4.78, 5) is 2.37.